The molecule has 0 spiro atoms. The van der Waals surface area contributed by atoms with Gasteiger partial charge in [-0.1, -0.05) is 18.5 Å². The van der Waals surface area contributed by atoms with Crippen LogP contribution < -0.4 is 5.32 Å². The molecule has 1 heterocycles. The van der Waals surface area contributed by atoms with Gasteiger partial charge in [0.1, 0.15) is 0 Å². The molecule has 0 aliphatic rings. The van der Waals surface area contributed by atoms with E-state index in [2.05, 4.69) is 15.3 Å². The van der Waals surface area contributed by atoms with Gasteiger partial charge in [0.2, 0.25) is 15.0 Å². The average Bonchev–Trinajstić information content (AvgIpc) is 2.39. The van der Waals surface area contributed by atoms with Gasteiger partial charge < -0.3 is 10.1 Å². The number of nitrogens with one attached hydrogen (secondary N) is 1. The number of hydrogen-bond donors (Lipinski definition) is 1. The first-order chi connectivity index (χ1) is 8.92. The Kier molecular flexibility index (Phi) is 5.64. The lowest BCUT2D eigenvalue weighted by Crippen LogP contribution is -2.28. The number of methoxy groups -OCH3 is 1. The zero-order valence-electron chi connectivity index (χ0n) is 10.5. The number of aromatic nitrogens is 2. The highest BCUT2D eigenvalue weighted by molar-refractivity contribution is 7.91. The molecule has 106 valence electrons. The molecule has 0 unspecified atom stereocenters. The van der Waals surface area contributed by atoms with E-state index < -0.39 is 20.9 Å². The van der Waals surface area contributed by atoms with Crippen LogP contribution in [0.25, 0.3) is 0 Å². The first-order valence-corrected chi connectivity index (χ1v) is 7.47. The Balaban J connectivity index is 3.01. The van der Waals surface area contributed by atoms with Gasteiger partial charge in [-0.15, -0.1) is 0 Å². The van der Waals surface area contributed by atoms with Gasteiger partial charge in [0.05, 0.1) is 23.6 Å². The second-order valence-corrected chi connectivity index (χ2v) is 6.08. The largest absolute Gasteiger partial charge is 0.383 e. The van der Waals surface area contributed by atoms with Crippen LogP contribution in [-0.2, 0) is 14.6 Å². The fourth-order valence-corrected chi connectivity index (χ4v) is 2.02. The van der Waals surface area contributed by atoms with Crippen molar-refractivity contribution in [2.75, 3.05) is 26.0 Å². The summed E-state index contributed by atoms with van der Waals surface area (Å²) in [5.74, 6) is -0.726. The van der Waals surface area contributed by atoms with Gasteiger partial charge in [0.15, 0.2) is 5.69 Å². The van der Waals surface area contributed by atoms with E-state index in [4.69, 9.17) is 16.3 Å². The van der Waals surface area contributed by atoms with Crippen LogP contribution in [-0.4, -0.2) is 50.3 Å². The average molecular weight is 308 g/mol. The monoisotopic (exact) mass is 307 g/mol. The topological polar surface area (TPSA) is 98.2 Å². The fraction of sp³-hybridized carbons (Fsp3) is 0.500. The van der Waals surface area contributed by atoms with Crippen LogP contribution in [0, 0.1) is 0 Å². The van der Waals surface area contributed by atoms with Crippen LogP contribution in [0.2, 0.25) is 5.02 Å². The summed E-state index contributed by atoms with van der Waals surface area (Å²) >= 11 is 5.79. The molecule has 0 radical (unpaired) electrons. The summed E-state index contributed by atoms with van der Waals surface area (Å²) in [6.07, 6.45) is 1.10. The number of nitrogens with zero attached hydrogens (tertiary/aromatic N) is 2. The molecule has 0 fully saturated rings. The molecule has 0 saturated heterocycles. The van der Waals surface area contributed by atoms with Crippen molar-refractivity contribution in [1.82, 2.24) is 15.3 Å². The van der Waals surface area contributed by atoms with Crippen molar-refractivity contribution in [3.63, 3.8) is 0 Å². The first kappa shape index (κ1) is 15.8. The van der Waals surface area contributed by atoms with E-state index >= 15 is 0 Å². The summed E-state index contributed by atoms with van der Waals surface area (Å²) < 4.78 is 28.0. The molecular formula is C10H14ClN3O4S. The third kappa shape index (κ3) is 4.12. The van der Waals surface area contributed by atoms with Crippen LogP contribution in [0.5, 0.6) is 0 Å². The van der Waals surface area contributed by atoms with E-state index in [-0.39, 0.29) is 23.0 Å². The van der Waals surface area contributed by atoms with E-state index in [9.17, 15) is 13.2 Å². The number of amides is 1. The van der Waals surface area contributed by atoms with E-state index in [0.717, 1.165) is 6.20 Å². The lowest BCUT2D eigenvalue weighted by Gasteiger charge is -2.06. The summed E-state index contributed by atoms with van der Waals surface area (Å²) in [7, 11) is -2.09. The highest BCUT2D eigenvalue weighted by atomic mass is 35.5. The highest BCUT2D eigenvalue weighted by Crippen LogP contribution is 2.14. The lowest BCUT2D eigenvalue weighted by molar-refractivity contribution is 0.0931. The van der Waals surface area contributed by atoms with Crippen molar-refractivity contribution in [3.8, 4) is 0 Å². The van der Waals surface area contributed by atoms with Gasteiger partial charge in [-0.2, -0.15) is 0 Å². The molecule has 0 bridgehead atoms. The number of hydrogen-bond acceptors (Lipinski definition) is 6. The van der Waals surface area contributed by atoms with Crippen LogP contribution in [0.15, 0.2) is 11.4 Å². The Labute approximate surface area is 116 Å². The van der Waals surface area contributed by atoms with Crippen molar-refractivity contribution < 1.29 is 17.9 Å². The number of carbonyl (C=O) groups is 1. The van der Waals surface area contributed by atoms with E-state index in [0.29, 0.717) is 6.61 Å². The first-order valence-electron chi connectivity index (χ1n) is 5.44. The maximum Gasteiger partial charge on any atom is 0.271 e. The molecule has 1 amide bonds. The minimum atomic E-state index is -3.58. The van der Waals surface area contributed by atoms with Gasteiger partial charge in [-0.3, -0.25) is 4.79 Å². The predicted octanol–water partition coefficient (Wildman–Crippen LogP) is 0.300. The van der Waals surface area contributed by atoms with Crippen molar-refractivity contribution in [1.29, 1.82) is 0 Å². The highest BCUT2D eigenvalue weighted by Gasteiger charge is 2.20. The van der Waals surface area contributed by atoms with Crippen LogP contribution in [0.3, 0.4) is 0 Å². The van der Waals surface area contributed by atoms with E-state index in [1.807, 2.05) is 0 Å². The Hall–Kier alpha value is -1.25. The molecule has 0 aromatic carbocycles. The molecule has 19 heavy (non-hydrogen) atoms. The maximum atomic E-state index is 11.8. The SMILES string of the molecule is CCS(=O)(=O)c1ncc(Cl)c(C(=O)NCCOC)n1. The van der Waals surface area contributed by atoms with Gasteiger partial charge in [0, 0.05) is 13.7 Å². The molecule has 0 saturated carbocycles. The molecular weight excluding hydrogens is 294 g/mol. The molecule has 0 aliphatic carbocycles. The second kappa shape index (κ2) is 6.78. The number of halogens is 1. The van der Waals surface area contributed by atoms with Gasteiger partial charge in [-0.05, 0) is 0 Å². The zero-order chi connectivity index (χ0) is 14.5. The van der Waals surface area contributed by atoms with Crippen molar-refractivity contribution >= 4 is 27.3 Å². The number of rotatable bonds is 6. The van der Waals surface area contributed by atoms with Crippen molar-refractivity contribution in [3.05, 3.63) is 16.9 Å². The Morgan fingerprint density at radius 2 is 2.21 bits per heavy atom. The maximum absolute atomic E-state index is 11.8. The molecule has 1 aromatic rings. The van der Waals surface area contributed by atoms with Gasteiger partial charge >= 0.3 is 0 Å². The minimum Gasteiger partial charge on any atom is -0.383 e. The Morgan fingerprint density at radius 1 is 1.53 bits per heavy atom. The summed E-state index contributed by atoms with van der Waals surface area (Å²) in [5.41, 5.74) is -0.167. The summed E-state index contributed by atoms with van der Waals surface area (Å²) in [6, 6.07) is 0. The zero-order valence-corrected chi connectivity index (χ0v) is 12.1. The quantitative estimate of drug-likeness (QED) is 0.599. The fourth-order valence-electron chi connectivity index (χ4n) is 1.14. The molecule has 9 heteroatoms. The van der Waals surface area contributed by atoms with Gasteiger partial charge in [-0.25, -0.2) is 18.4 Å². The number of sulfone groups is 1. The standard InChI is InChI=1S/C10H14ClN3O4S/c1-3-19(16,17)10-13-6-7(11)8(14-10)9(15)12-4-5-18-2/h6H,3-5H2,1-2H3,(H,12,15). The van der Waals surface area contributed by atoms with Crippen LogP contribution in [0.4, 0.5) is 0 Å². The summed E-state index contributed by atoms with van der Waals surface area (Å²) in [4.78, 5) is 19.1. The smallest absolute Gasteiger partial charge is 0.271 e. The van der Waals surface area contributed by atoms with Crippen LogP contribution in [0.1, 0.15) is 17.4 Å². The lowest BCUT2D eigenvalue weighted by atomic mass is 10.4. The Morgan fingerprint density at radius 3 is 2.79 bits per heavy atom. The minimum absolute atomic E-state index is 0.00929. The van der Waals surface area contributed by atoms with Crippen LogP contribution >= 0.6 is 11.6 Å². The third-order valence-electron chi connectivity index (χ3n) is 2.19. The number of carbonyl (C=O) groups excluding carboxylic acids is 1. The van der Waals surface area contributed by atoms with Gasteiger partial charge in [0.25, 0.3) is 5.91 Å². The summed E-state index contributed by atoms with van der Waals surface area (Å²) in [6.45, 7) is 2.06. The molecule has 7 nitrogen and oxygen atoms in total. The molecule has 1 rings (SSSR count). The number of ether oxygens (including phenoxy) is 1. The second-order valence-electron chi connectivity index (χ2n) is 3.50. The van der Waals surface area contributed by atoms with E-state index in [1.165, 1.54) is 14.0 Å². The third-order valence-corrected chi connectivity index (χ3v) is 3.98. The predicted molar refractivity (Wildman–Crippen MR) is 69.0 cm³/mol. The van der Waals surface area contributed by atoms with Crippen molar-refractivity contribution in [2.45, 2.75) is 12.1 Å². The normalized spacial score (nSPS) is 11.3. The van der Waals surface area contributed by atoms with E-state index in [1.54, 1.807) is 0 Å². The molecule has 1 aromatic heterocycles. The molecule has 0 aliphatic heterocycles. The Bertz CT molecular complexity index is 562. The molecule has 0 atom stereocenters. The molecule has 1 N–H and O–H groups in total. The van der Waals surface area contributed by atoms with Crippen molar-refractivity contribution in [2.24, 2.45) is 0 Å². The summed E-state index contributed by atoms with van der Waals surface area (Å²) in [5, 5.41) is 2.09.